The van der Waals surface area contributed by atoms with E-state index in [1.54, 1.807) is 17.2 Å². The van der Waals surface area contributed by atoms with Gasteiger partial charge in [-0.3, -0.25) is 4.79 Å². The van der Waals surface area contributed by atoms with Gasteiger partial charge in [-0.1, -0.05) is 0 Å². The van der Waals surface area contributed by atoms with E-state index in [9.17, 15) is 13.6 Å². The van der Waals surface area contributed by atoms with Crippen LogP contribution >= 0.6 is 0 Å². The molecule has 1 aliphatic heterocycles. The molecule has 4 nitrogen and oxygen atoms in total. The molecule has 2 fully saturated rings. The van der Waals surface area contributed by atoms with Gasteiger partial charge in [-0.15, -0.1) is 0 Å². The van der Waals surface area contributed by atoms with Crippen LogP contribution in [0.5, 0.6) is 0 Å². The van der Waals surface area contributed by atoms with Gasteiger partial charge in [0.25, 0.3) is 0 Å². The number of rotatable bonds is 4. The Kier molecular flexibility index (Phi) is 3.75. The number of anilines is 2. The molecule has 2 aliphatic rings. The zero-order valence-corrected chi connectivity index (χ0v) is 13.1. The van der Waals surface area contributed by atoms with Gasteiger partial charge in [0.15, 0.2) is 11.6 Å². The standard InChI is InChI=1S/C18H18F2N2O2/c19-14-8-11(9-15(20)17(14)22-5-1-2-6-22)21-18(23)13-10-12(13)16-4-3-7-24-16/h3-4,7-9,12-13H,1-2,5-6,10H2,(H,21,23). The third-order valence-corrected chi connectivity index (χ3v) is 4.74. The highest BCUT2D eigenvalue weighted by Gasteiger charge is 2.45. The van der Waals surface area contributed by atoms with Crippen molar-refractivity contribution in [2.24, 2.45) is 5.92 Å². The van der Waals surface area contributed by atoms with Crippen LogP contribution in [0, 0.1) is 17.6 Å². The van der Waals surface area contributed by atoms with Crippen molar-refractivity contribution >= 4 is 17.3 Å². The summed E-state index contributed by atoms with van der Waals surface area (Å²) < 4.78 is 33.9. The summed E-state index contributed by atoms with van der Waals surface area (Å²) in [6, 6.07) is 6.00. The lowest BCUT2D eigenvalue weighted by atomic mass is 10.2. The van der Waals surface area contributed by atoms with E-state index in [4.69, 9.17) is 4.42 Å². The highest BCUT2D eigenvalue weighted by molar-refractivity contribution is 5.95. The van der Waals surface area contributed by atoms with Gasteiger partial charge in [0.1, 0.15) is 11.4 Å². The lowest BCUT2D eigenvalue weighted by Crippen LogP contribution is -2.21. The molecule has 1 aliphatic carbocycles. The first-order valence-corrected chi connectivity index (χ1v) is 8.22. The Hall–Kier alpha value is -2.37. The fourth-order valence-corrected chi connectivity index (χ4v) is 3.42. The summed E-state index contributed by atoms with van der Waals surface area (Å²) in [6.45, 7) is 1.32. The Balaban J connectivity index is 1.46. The van der Waals surface area contributed by atoms with Crippen LogP contribution in [0.1, 0.15) is 30.9 Å². The Labute approximate surface area is 138 Å². The van der Waals surface area contributed by atoms with Gasteiger partial charge in [-0.25, -0.2) is 8.78 Å². The van der Waals surface area contributed by atoms with Crippen molar-refractivity contribution in [3.63, 3.8) is 0 Å². The van der Waals surface area contributed by atoms with Crippen LogP contribution in [0.15, 0.2) is 34.9 Å². The first kappa shape index (κ1) is 15.2. The largest absolute Gasteiger partial charge is 0.469 e. The average molecular weight is 332 g/mol. The van der Waals surface area contributed by atoms with Gasteiger partial charge >= 0.3 is 0 Å². The zero-order valence-electron chi connectivity index (χ0n) is 13.1. The number of halogens is 2. The van der Waals surface area contributed by atoms with Crippen molar-refractivity contribution in [3.8, 4) is 0 Å². The van der Waals surface area contributed by atoms with Crippen molar-refractivity contribution in [2.75, 3.05) is 23.3 Å². The van der Waals surface area contributed by atoms with Gasteiger partial charge in [0.2, 0.25) is 5.91 Å². The van der Waals surface area contributed by atoms with Gasteiger partial charge in [0.05, 0.1) is 6.26 Å². The molecule has 1 aromatic heterocycles. The second-order valence-corrected chi connectivity index (χ2v) is 6.44. The third-order valence-electron chi connectivity index (χ3n) is 4.74. The van der Waals surface area contributed by atoms with Crippen molar-refractivity contribution in [1.82, 2.24) is 0 Å². The summed E-state index contributed by atoms with van der Waals surface area (Å²) in [4.78, 5) is 13.9. The van der Waals surface area contributed by atoms with Crippen molar-refractivity contribution in [3.05, 3.63) is 47.9 Å². The molecule has 4 rings (SSSR count). The van der Waals surface area contributed by atoms with Crippen molar-refractivity contribution in [2.45, 2.75) is 25.2 Å². The summed E-state index contributed by atoms with van der Waals surface area (Å²) in [5.41, 5.74) is 0.161. The predicted molar refractivity (Wildman–Crippen MR) is 86.0 cm³/mol. The van der Waals surface area contributed by atoms with Crippen LogP contribution in [-0.4, -0.2) is 19.0 Å². The number of benzene rings is 1. The molecule has 1 N–H and O–H groups in total. The maximum absolute atomic E-state index is 14.3. The molecule has 126 valence electrons. The molecular formula is C18H18F2N2O2. The first-order chi connectivity index (χ1) is 11.6. The fraction of sp³-hybridized carbons (Fsp3) is 0.389. The van der Waals surface area contributed by atoms with Crippen LogP contribution in [-0.2, 0) is 4.79 Å². The van der Waals surface area contributed by atoms with Crippen LogP contribution < -0.4 is 10.2 Å². The molecule has 2 atom stereocenters. The number of hydrogen-bond donors (Lipinski definition) is 1. The Morgan fingerprint density at radius 1 is 1.21 bits per heavy atom. The molecule has 0 radical (unpaired) electrons. The number of carbonyl (C=O) groups is 1. The summed E-state index contributed by atoms with van der Waals surface area (Å²) >= 11 is 0. The molecular weight excluding hydrogens is 314 g/mol. The second-order valence-electron chi connectivity index (χ2n) is 6.44. The predicted octanol–water partition coefficient (Wildman–Crippen LogP) is 3.90. The number of amides is 1. The number of nitrogens with one attached hydrogen (secondary N) is 1. The summed E-state index contributed by atoms with van der Waals surface area (Å²) in [5.74, 6) is -0.878. The lowest BCUT2D eigenvalue weighted by Gasteiger charge is -2.19. The highest BCUT2D eigenvalue weighted by atomic mass is 19.1. The first-order valence-electron chi connectivity index (χ1n) is 8.22. The molecule has 2 aromatic rings. The van der Waals surface area contributed by atoms with E-state index >= 15 is 0 Å². The average Bonchev–Trinajstić information content (AvgIpc) is 2.95. The number of nitrogens with zero attached hydrogens (tertiary/aromatic N) is 1. The Morgan fingerprint density at radius 3 is 2.54 bits per heavy atom. The molecule has 0 bridgehead atoms. The minimum Gasteiger partial charge on any atom is -0.469 e. The van der Waals surface area contributed by atoms with Crippen LogP contribution in [0.2, 0.25) is 0 Å². The molecule has 2 unspecified atom stereocenters. The maximum Gasteiger partial charge on any atom is 0.228 e. The second kappa shape index (κ2) is 5.92. The zero-order chi connectivity index (χ0) is 16.7. The number of hydrogen-bond acceptors (Lipinski definition) is 3. The molecule has 1 amide bonds. The smallest absolute Gasteiger partial charge is 0.228 e. The van der Waals surface area contributed by atoms with E-state index in [2.05, 4.69) is 5.32 Å². The van der Waals surface area contributed by atoms with Gasteiger partial charge < -0.3 is 14.6 Å². The molecule has 2 heterocycles. The maximum atomic E-state index is 14.3. The minimum absolute atomic E-state index is 0.00498. The SMILES string of the molecule is O=C(Nc1cc(F)c(N2CCCC2)c(F)c1)C1CC1c1ccco1. The molecule has 24 heavy (non-hydrogen) atoms. The summed E-state index contributed by atoms with van der Waals surface area (Å²) in [5, 5.41) is 2.62. The van der Waals surface area contributed by atoms with E-state index in [0.717, 1.165) is 18.6 Å². The lowest BCUT2D eigenvalue weighted by molar-refractivity contribution is -0.117. The monoisotopic (exact) mass is 332 g/mol. The van der Waals surface area contributed by atoms with Crippen LogP contribution in [0.3, 0.4) is 0 Å². The van der Waals surface area contributed by atoms with E-state index in [0.29, 0.717) is 19.5 Å². The minimum atomic E-state index is -0.634. The Morgan fingerprint density at radius 2 is 1.92 bits per heavy atom. The molecule has 1 aromatic carbocycles. The summed E-state index contributed by atoms with van der Waals surface area (Å²) in [6.07, 6.45) is 4.14. The van der Waals surface area contributed by atoms with E-state index in [1.165, 1.54) is 12.1 Å². The topological polar surface area (TPSA) is 45.5 Å². The quantitative estimate of drug-likeness (QED) is 0.923. The van der Waals surface area contributed by atoms with Crippen LogP contribution in [0.25, 0.3) is 0 Å². The summed E-state index contributed by atoms with van der Waals surface area (Å²) in [7, 11) is 0. The number of carbonyl (C=O) groups excluding carboxylic acids is 1. The normalized spacial score (nSPS) is 22.7. The van der Waals surface area contributed by atoms with Crippen molar-refractivity contribution < 1.29 is 18.0 Å². The van der Waals surface area contributed by atoms with Crippen molar-refractivity contribution in [1.29, 1.82) is 0 Å². The highest BCUT2D eigenvalue weighted by Crippen LogP contribution is 2.48. The number of furan rings is 1. The fourth-order valence-electron chi connectivity index (χ4n) is 3.42. The van der Waals surface area contributed by atoms with Gasteiger partial charge in [-0.05, 0) is 43.5 Å². The van der Waals surface area contributed by atoms with Gasteiger partial charge in [-0.2, -0.15) is 0 Å². The third kappa shape index (κ3) is 2.77. The van der Waals surface area contributed by atoms with E-state index < -0.39 is 11.6 Å². The molecule has 6 heteroatoms. The van der Waals surface area contributed by atoms with Gasteiger partial charge in [0, 0.05) is 30.6 Å². The molecule has 1 saturated carbocycles. The van der Waals surface area contributed by atoms with E-state index in [1.807, 2.05) is 6.07 Å². The Bertz CT molecular complexity index is 731. The van der Waals surface area contributed by atoms with Crippen LogP contribution in [0.4, 0.5) is 20.2 Å². The molecule has 1 saturated heterocycles. The molecule has 0 spiro atoms. The van der Waals surface area contributed by atoms with E-state index in [-0.39, 0.29) is 29.1 Å².